The van der Waals surface area contributed by atoms with E-state index in [1.54, 1.807) is 13.2 Å². The van der Waals surface area contributed by atoms with Crippen molar-refractivity contribution in [1.29, 1.82) is 0 Å². The van der Waals surface area contributed by atoms with Crippen molar-refractivity contribution in [2.24, 2.45) is 11.7 Å². The summed E-state index contributed by atoms with van der Waals surface area (Å²) in [6.45, 7) is 3.49. The molecule has 1 aromatic carbocycles. The minimum absolute atomic E-state index is 0.0768. The number of nitrogens with one attached hydrogen (secondary N) is 1. The SMILES string of the molecule is COc1cccc(NC(=O)N2CCC(N)C(C)C2)c1. The van der Waals surface area contributed by atoms with Crippen LogP contribution in [0, 0.1) is 5.92 Å². The largest absolute Gasteiger partial charge is 0.497 e. The van der Waals surface area contributed by atoms with Crippen molar-refractivity contribution in [2.75, 3.05) is 25.5 Å². The van der Waals surface area contributed by atoms with Crippen molar-refractivity contribution >= 4 is 11.7 Å². The summed E-state index contributed by atoms with van der Waals surface area (Å²) in [5.41, 5.74) is 6.70. The van der Waals surface area contributed by atoms with Gasteiger partial charge in [-0.15, -0.1) is 0 Å². The third kappa shape index (κ3) is 3.38. The lowest BCUT2D eigenvalue weighted by Crippen LogP contribution is -2.49. The van der Waals surface area contributed by atoms with Gasteiger partial charge in [-0.25, -0.2) is 4.79 Å². The maximum atomic E-state index is 12.2. The maximum Gasteiger partial charge on any atom is 0.321 e. The molecule has 0 saturated carbocycles. The monoisotopic (exact) mass is 263 g/mol. The number of nitrogens with zero attached hydrogens (tertiary/aromatic N) is 1. The summed E-state index contributed by atoms with van der Waals surface area (Å²) < 4.78 is 5.13. The van der Waals surface area contributed by atoms with Crippen LogP contribution in [-0.2, 0) is 0 Å². The van der Waals surface area contributed by atoms with Crippen LogP contribution in [0.15, 0.2) is 24.3 Å². The fourth-order valence-corrected chi connectivity index (χ4v) is 2.25. The van der Waals surface area contributed by atoms with Gasteiger partial charge >= 0.3 is 6.03 Å². The molecule has 0 bridgehead atoms. The van der Waals surface area contributed by atoms with Gasteiger partial charge in [-0.2, -0.15) is 0 Å². The minimum atomic E-state index is -0.0768. The molecular weight excluding hydrogens is 242 g/mol. The Balaban J connectivity index is 1.97. The molecule has 0 radical (unpaired) electrons. The molecule has 2 rings (SSSR count). The average Bonchev–Trinajstić information content (AvgIpc) is 2.42. The summed E-state index contributed by atoms with van der Waals surface area (Å²) >= 11 is 0. The van der Waals surface area contributed by atoms with Crippen molar-refractivity contribution in [1.82, 2.24) is 4.90 Å². The first-order valence-electron chi connectivity index (χ1n) is 6.55. The number of rotatable bonds is 2. The van der Waals surface area contributed by atoms with E-state index in [9.17, 15) is 4.79 Å². The maximum absolute atomic E-state index is 12.2. The van der Waals surface area contributed by atoms with Crippen molar-refractivity contribution in [3.05, 3.63) is 24.3 Å². The molecule has 104 valence electrons. The zero-order valence-electron chi connectivity index (χ0n) is 11.4. The lowest BCUT2D eigenvalue weighted by molar-refractivity contribution is 0.172. The zero-order valence-corrected chi connectivity index (χ0v) is 11.4. The number of carbonyl (C=O) groups excluding carboxylic acids is 1. The molecular formula is C14H21N3O2. The normalized spacial score (nSPS) is 23.0. The predicted molar refractivity (Wildman–Crippen MR) is 75.3 cm³/mol. The van der Waals surface area contributed by atoms with Gasteiger partial charge in [-0.05, 0) is 24.5 Å². The Morgan fingerprint density at radius 2 is 2.32 bits per heavy atom. The van der Waals surface area contributed by atoms with Gasteiger partial charge in [0, 0.05) is 30.9 Å². The summed E-state index contributed by atoms with van der Waals surface area (Å²) in [6, 6.07) is 7.46. The van der Waals surface area contributed by atoms with E-state index in [0.717, 1.165) is 17.9 Å². The second kappa shape index (κ2) is 5.93. The molecule has 0 aromatic heterocycles. The highest BCUT2D eigenvalue weighted by Crippen LogP contribution is 2.19. The number of urea groups is 1. The van der Waals surface area contributed by atoms with Crippen LogP contribution in [0.1, 0.15) is 13.3 Å². The highest BCUT2D eigenvalue weighted by atomic mass is 16.5. The van der Waals surface area contributed by atoms with Crippen LogP contribution in [0.4, 0.5) is 10.5 Å². The first-order valence-corrected chi connectivity index (χ1v) is 6.55. The van der Waals surface area contributed by atoms with Crippen molar-refractivity contribution in [3.8, 4) is 5.75 Å². The Labute approximate surface area is 113 Å². The number of hydrogen-bond donors (Lipinski definition) is 2. The van der Waals surface area contributed by atoms with Gasteiger partial charge < -0.3 is 20.7 Å². The molecule has 0 aliphatic carbocycles. The molecule has 1 fully saturated rings. The number of methoxy groups -OCH3 is 1. The molecule has 1 saturated heterocycles. The zero-order chi connectivity index (χ0) is 13.8. The molecule has 0 spiro atoms. The second-order valence-electron chi connectivity index (χ2n) is 5.04. The van der Waals surface area contributed by atoms with E-state index in [1.165, 1.54) is 0 Å². The van der Waals surface area contributed by atoms with Crippen molar-refractivity contribution < 1.29 is 9.53 Å². The molecule has 2 unspecified atom stereocenters. The molecule has 3 N–H and O–H groups in total. The molecule has 19 heavy (non-hydrogen) atoms. The first kappa shape index (κ1) is 13.7. The highest BCUT2D eigenvalue weighted by molar-refractivity contribution is 5.89. The van der Waals surface area contributed by atoms with Crippen LogP contribution in [-0.4, -0.2) is 37.2 Å². The predicted octanol–water partition coefficient (Wildman–Crippen LogP) is 1.90. The summed E-state index contributed by atoms with van der Waals surface area (Å²) in [6.07, 6.45) is 0.854. The number of likely N-dealkylation sites (tertiary alicyclic amines) is 1. The highest BCUT2D eigenvalue weighted by Gasteiger charge is 2.26. The van der Waals surface area contributed by atoms with Crippen LogP contribution in [0.2, 0.25) is 0 Å². The number of nitrogens with two attached hydrogens (primary N) is 1. The molecule has 1 aliphatic heterocycles. The Bertz CT molecular complexity index is 450. The Morgan fingerprint density at radius 1 is 1.53 bits per heavy atom. The summed E-state index contributed by atoms with van der Waals surface area (Å²) in [5, 5.41) is 2.89. The van der Waals surface area contributed by atoms with E-state index in [4.69, 9.17) is 10.5 Å². The molecule has 5 heteroatoms. The number of hydrogen-bond acceptors (Lipinski definition) is 3. The van der Waals surface area contributed by atoms with Gasteiger partial charge in [0.1, 0.15) is 5.75 Å². The van der Waals surface area contributed by atoms with Crippen LogP contribution >= 0.6 is 0 Å². The van der Waals surface area contributed by atoms with Crippen LogP contribution in [0.25, 0.3) is 0 Å². The van der Waals surface area contributed by atoms with Crippen LogP contribution in [0.5, 0.6) is 5.75 Å². The van der Waals surface area contributed by atoms with Gasteiger partial charge in [0.05, 0.1) is 7.11 Å². The third-order valence-corrected chi connectivity index (χ3v) is 3.58. The average molecular weight is 263 g/mol. The Hall–Kier alpha value is -1.75. The smallest absolute Gasteiger partial charge is 0.321 e. The lowest BCUT2D eigenvalue weighted by Gasteiger charge is -2.35. The Morgan fingerprint density at radius 3 is 3.00 bits per heavy atom. The van der Waals surface area contributed by atoms with E-state index in [2.05, 4.69) is 12.2 Å². The molecule has 1 aliphatic rings. The fourth-order valence-electron chi connectivity index (χ4n) is 2.25. The minimum Gasteiger partial charge on any atom is -0.497 e. The first-order chi connectivity index (χ1) is 9.10. The van der Waals surface area contributed by atoms with E-state index in [-0.39, 0.29) is 12.1 Å². The van der Waals surface area contributed by atoms with Gasteiger partial charge in [0.15, 0.2) is 0 Å². The number of carbonyl (C=O) groups is 1. The van der Waals surface area contributed by atoms with E-state index < -0.39 is 0 Å². The fraction of sp³-hybridized carbons (Fsp3) is 0.500. The summed E-state index contributed by atoms with van der Waals surface area (Å²) in [4.78, 5) is 14.0. The van der Waals surface area contributed by atoms with E-state index in [1.807, 2.05) is 23.1 Å². The third-order valence-electron chi connectivity index (χ3n) is 3.58. The van der Waals surface area contributed by atoms with Gasteiger partial charge in [-0.1, -0.05) is 13.0 Å². The molecule has 1 heterocycles. The quantitative estimate of drug-likeness (QED) is 0.856. The molecule has 2 atom stereocenters. The standard InChI is InChI=1S/C14H21N3O2/c1-10-9-17(7-6-13(10)15)14(18)16-11-4-3-5-12(8-11)19-2/h3-5,8,10,13H,6-7,9,15H2,1-2H3,(H,16,18). The molecule has 1 aromatic rings. The number of benzene rings is 1. The van der Waals surface area contributed by atoms with Gasteiger partial charge in [0.25, 0.3) is 0 Å². The van der Waals surface area contributed by atoms with Crippen molar-refractivity contribution in [2.45, 2.75) is 19.4 Å². The topological polar surface area (TPSA) is 67.6 Å². The van der Waals surface area contributed by atoms with Gasteiger partial charge in [-0.3, -0.25) is 0 Å². The number of amides is 2. The lowest BCUT2D eigenvalue weighted by atomic mass is 9.95. The van der Waals surface area contributed by atoms with Crippen LogP contribution < -0.4 is 15.8 Å². The van der Waals surface area contributed by atoms with E-state index in [0.29, 0.717) is 19.0 Å². The number of piperidine rings is 1. The van der Waals surface area contributed by atoms with Gasteiger partial charge in [0.2, 0.25) is 0 Å². The Kier molecular flexibility index (Phi) is 4.27. The van der Waals surface area contributed by atoms with Crippen LogP contribution in [0.3, 0.4) is 0 Å². The second-order valence-corrected chi connectivity index (χ2v) is 5.04. The summed E-state index contributed by atoms with van der Waals surface area (Å²) in [5.74, 6) is 1.07. The van der Waals surface area contributed by atoms with Crippen molar-refractivity contribution in [3.63, 3.8) is 0 Å². The number of anilines is 1. The molecule has 2 amide bonds. The van der Waals surface area contributed by atoms with E-state index >= 15 is 0 Å². The summed E-state index contributed by atoms with van der Waals surface area (Å²) in [7, 11) is 1.61. The number of ether oxygens (including phenoxy) is 1. The molecule has 5 nitrogen and oxygen atoms in total.